The van der Waals surface area contributed by atoms with Crippen molar-refractivity contribution in [2.75, 3.05) is 27.9 Å². The molecule has 0 radical (unpaired) electrons. The maximum atomic E-state index is 13.6. The van der Waals surface area contributed by atoms with Gasteiger partial charge in [0.2, 0.25) is 23.2 Å². The lowest BCUT2D eigenvalue weighted by Crippen LogP contribution is -2.60. The van der Waals surface area contributed by atoms with Gasteiger partial charge >= 0.3 is 0 Å². The molecule has 5 atom stereocenters. The van der Waals surface area contributed by atoms with E-state index in [1.165, 1.54) is 27.4 Å². The van der Waals surface area contributed by atoms with Crippen molar-refractivity contribution in [1.82, 2.24) is 0 Å². The van der Waals surface area contributed by atoms with E-state index in [1.807, 2.05) is 0 Å². The van der Waals surface area contributed by atoms with Crippen molar-refractivity contribution < 1.29 is 53.6 Å². The van der Waals surface area contributed by atoms with Crippen LogP contribution in [0.3, 0.4) is 0 Å². The number of aliphatic hydroxyl groups is 4. The van der Waals surface area contributed by atoms with E-state index >= 15 is 0 Å². The smallest absolute Gasteiger partial charge is 0.239 e. The highest BCUT2D eigenvalue weighted by molar-refractivity contribution is 5.91. The molecule has 12 nitrogen and oxygen atoms in total. The first kappa shape index (κ1) is 25.5. The molecule has 194 valence electrons. The summed E-state index contributed by atoms with van der Waals surface area (Å²) in [7, 11) is 4.12. The first-order chi connectivity index (χ1) is 17.2. The predicted molar refractivity (Wildman–Crippen MR) is 124 cm³/mol. The van der Waals surface area contributed by atoms with Crippen molar-refractivity contribution in [1.29, 1.82) is 0 Å². The third-order valence-electron chi connectivity index (χ3n) is 5.89. The molecule has 2 heterocycles. The highest BCUT2D eigenvalue weighted by Crippen LogP contribution is 2.44. The minimum absolute atomic E-state index is 0.0536. The Balaban J connectivity index is 1.93. The number of phenols is 1. The summed E-state index contributed by atoms with van der Waals surface area (Å²) in [6, 6.07) is 7.76. The van der Waals surface area contributed by atoms with E-state index in [-0.39, 0.29) is 28.2 Å². The van der Waals surface area contributed by atoms with Gasteiger partial charge in [0.15, 0.2) is 17.3 Å². The number of aromatic hydroxyl groups is 1. The molecule has 2 aromatic carbocycles. The maximum Gasteiger partial charge on any atom is 0.239 e. The van der Waals surface area contributed by atoms with Gasteiger partial charge in [-0.05, 0) is 24.3 Å². The Morgan fingerprint density at radius 2 is 1.61 bits per heavy atom. The Hall–Kier alpha value is -3.55. The molecule has 1 aliphatic rings. The summed E-state index contributed by atoms with van der Waals surface area (Å²) < 4.78 is 32.6. The number of benzene rings is 2. The van der Waals surface area contributed by atoms with Crippen LogP contribution in [0.1, 0.15) is 0 Å². The van der Waals surface area contributed by atoms with E-state index in [0.717, 1.165) is 0 Å². The Morgan fingerprint density at radius 3 is 2.19 bits per heavy atom. The molecule has 5 N–H and O–H groups in total. The molecule has 3 aromatic rings. The van der Waals surface area contributed by atoms with Crippen LogP contribution in [0, 0.1) is 0 Å². The molecular formula is C24H26O12. The molecule has 1 saturated heterocycles. The van der Waals surface area contributed by atoms with Crippen molar-refractivity contribution in [3.8, 4) is 40.1 Å². The van der Waals surface area contributed by atoms with Crippen molar-refractivity contribution in [3.63, 3.8) is 0 Å². The second kappa shape index (κ2) is 10.2. The lowest BCUT2D eigenvalue weighted by atomic mass is 9.99. The molecule has 0 saturated carbocycles. The number of rotatable bonds is 7. The van der Waals surface area contributed by atoms with Crippen molar-refractivity contribution in [2.45, 2.75) is 30.7 Å². The van der Waals surface area contributed by atoms with Crippen molar-refractivity contribution in [2.24, 2.45) is 0 Å². The number of phenolic OH excluding ortho intramolecular Hbond substituents is 1. The fraction of sp³-hybridized carbons (Fsp3) is 0.375. The second-order valence-corrected chi connectivity index (χ2v) is 7.97. The zero-order valence-corrected chi connectivity index (χ0v) is 19.6. The van der Waals surface area contributed by atoms with Crippen LogP contribution in [0.2, 0.25) is 0 Å². The lowest BCUT2D eigenvalue weighted by Gasteiger charge is -2.39. The van der Waals surface area contributed by atoms with Gasteiger partial charge in [-0.1, -0.05) is 0 Å². The molecule has 36 heavy (non-hydrogen) atoms. The van der Waals surface area contributed by atoms with Gasteiger partial charge in [-0.3, -0.25) is 4.79 Å². The van der Waals surface area contributed by atoms with Gasteiger partial charge in [-0.2, -0.15) is 0 Å². The van der Waals surface area contributed by atoms with Crippen LogP contribution < -0.4 is 24.4 Å². The van der Waals surface area contributed by atoms with E-state index in [0.29, 0.717) is 11.3 Å². The average Bonchev–Trinajstić information content (AvgIpc) is 2.89. The Bertz CT molecular complexity index is 1280. The topological polar surface area (TPSA) is 178 Å². The van der Waals surface area contributed by atoms with E-state index < -0.39 is 54.2 Å². The third-order valence-corrected chi connectivity index (χ3v) is 5.89. The molecule has 0 spiro atoms. The summed E-state index contributed by atoms with van der Waals surface area (Å²) >= 11 is 0. The Labute approximate surface area is 204 Å². The van der Waals surface area contributed by atoms with E-state index in [1.54, 1.807) is 24.3 Å². The predicted octanol–water partition coefficient (Wildman–Crippen LogP) is 0.370. The summed E-state index contributed by atoms with van der Waals surface area (Å²) in [6.45, 7) is -0.694. The highest BCUT2D eigenvalue weighted by atomic mass is 16.7. The van der Waals surface area contributed by atoms with Gasteiger partial charge < -0.3 is 53.6 Å². The van der Waals surface area contributed by atoms with Gasteiger partial charge in [0.05, 0.1) is 27.9 Å². The molecule has 1 aliphatic heterocycles. The standard InChI is InChI=1S/C24H26O12/c1-31-11-6-4-10(5-7-11)21-23(36-24-20(30)19(29)16(26)14(9-25)35-24)18(28)15-12(34-21)8-13(32-2)22(33-3)17(15)27/h4-8,14,16,19-20,24-27,29-30H,9H2,1-3H3. The van der Waals surface area contributed by atoms with Crippen LogP contribution in [-0.4, -0.2) is 84.2 Å². The number of ether oxygens (including phenoxy) is 5. The molecule has 4 rings (SSSR count). The van der Waals surface area contributed by atoms with Gasteiger partial charge in [0.1, 0.15) is 41.1 Å². The minimum atomic E-state index is -1.79. The van der Waals surface area contributed by atoms with Gasteiger partial charge in [0, 0.05) is 11.6 Å². The molecule has 1 aromatic heterocycles. The van der Waals surface area contributed by atoms with Crippen LogP contribution in [0.15, 0.2) is 39.5 Å². The molecule has 5 unspecified atom stereocenters. The zero-order chi connectivity index (χ0) is 26.1. The largest absolute Gasteiger partial charge is 0.504 e. The Morgan fingerprint density at radius 1 is 0.917 bits per heavy atom. The molecular weight excluding hydrogens is 480 g/mol. The average molecular weight is 506 g/mol. The fourth-order valence-corrected chi connectivity index (χ4v) is 3.95. The summed E-state index contributed by atoms with van der Waals surface area (Å²) in [4.78, 5) is 13.6. The summed E-state index contributed by atoms with van der Waals surface area (Å²) in [6.07, 6.45) is -8.11. The third kappa shape index (κ3) is 4.29. The van der Waals surface area contributed by atoms with Crippen LogP contribution in [0.4, 0.5) is 0 Å². The monoisotopic (exact) mass is 506 g/mol. The van der Waals surface area contributed by atoms with E-state index in [4.69, 9.17) is 28.1 Å². The molecule has 0 bridgehead atoms. The highest BCUT2D eigenvalue weighted by Gasteiger charge is 2.45. The lowest BCUT2D eigenvalue weighted by molar-refractivity contribution is -0.277. The van der Waals surface area contributed by atoms with Crippen LogP contribution in [0.25, 0.3) is 22.3 Å². The van der Waals surface area contributed by atoms with Gasteiger partial charge in [-0.25, -0.2) is 0 Å². The number of hydrogen-bond acceptors (Lipinski definition) is 12. The first-order valence-corrected chi connectivity index (χ1v) is 10.8. The minimum Gasteiger partial charge on any atom is -0.504 e. The maximum absolute atomic E-state index is 13.6. The molecule has 12 heteroatoms. The fourth-order valence-electron chi connectivity index (χ4n) is 3.95. The first-order valence-electron chi connectivity index (χ1n) is 10.8. The van der Waals surface area contributed by atoms with E-state index in [2.05, 4.69) is 0 Å². The molecule has 0 aliphatic carbocycles. The number of fused-ring (bicyclic) bond motifs is 1. The SMILES string of the molecule is COc1ccc(-c2oc3cc(OC)c(OC)c(O)c3c(=O)c2OC2OC(CO)C(O)C(O)C2O)cc1. The van der Waals surface area contributed by atoms with Crippen LogP contribution in [-0.2, 0) is 4.74 Å². The normalized spacial score (nSPS) is 23.9. The van der Waals surface area contributed by atoms with Crippen molar-refractivity contribution in [3.05, 3.63) is 40.6 Å². The van der Waals surface area contributed by atoms with Crippen LogP contribution in [0.5, 0.6) is 28.7 Å². The molecule has 1 fully saturated rings. The van der Waals surface area contributed by atoms with Gasteiger partial charge in [0.25, 0.3) is 0 Å². The van der Waals surface area contributed by atoms with Crippen molar-refractivity contribution >= 4 is 11.0 Å². The van der Waals surface area contributed by atoms with Gasteiger partial charge in [-0.15, -0.1) is 0 Å². The summed E-state index contributed by atoms with van der Waals surface area (Å²) in [5, 5.41) is 50.6. The molecule has 0 amide bonds. The summed E-state index contributed by atoms with van der Waals surface area (Å²) in [5.74, 6) is -0.622. The number of aliphatic hydroxyl groups excluding tert-OH is 4. The van der Waals surface area contributed by atoms with Crippen LogP contribution >= 0.6 is 0 Å². The zero-order valence-electron chi connectivity index (χ0n) is 19.6. The number of hydrogen-bond donors (Lipinski definition) is 5. The number of methoxy groups -OCH3 is 3. The van der Waals surface area contributed by atoms with E-state index in [9.17, 15) is 30.3 Å². The Kier molecular flexibility index (Phi) is 7.24. The second-order valence-electron chi connectivity index (χ2n) is 7.97. The summed E-state index contributed by atoms with van der Waals surface area (Å²) in [5.41, 5.74) is -0.539. The quantitative estimate of drug-likeness (QED) is 0.298.